The van der Waals surface area contributed by atoms with E-state index in [1.54, 1.807) is 4.90 Å². The van der Waals surface area contributed by atoms with Crippen LogP contribution in [0.1, 0.15) is 39.3 Å². The lowest BCUT2D eigenvalue weighted by atomic mass is 10.0. The van der Waals surface area contributed by atoms with Gasteiger partial charge in [0.2, 0.25) is 0 Å². The molecule has 0 radical (unpaired) electrons. The van der Waals surface area contributed by atoms with Crippen molar-refractivity contribution in [1.29, 1.82) is 0 Å². The first-order valence-electron chi connectivity index (χ1n) is 7.14. The first kappa shape index (κ1) is 14.9. The third-order valence-electron chi connectivity index (χ3n) is 3.32. The molecule has 0 aliphatic carbocycles. The van der Waals surface area contributed by atoms with E-state index in [0.29, 0.717) is 25.2 Å². The van der Waals surface area contributed by atoms with Crippen LogP contribution >= 0.6 is 0 Å². The van der Waals surface area contributed by atoms with Crippen molar-refractivity contribution >= 4 is 6.09 Å². The molecule has 110 valence electrons. The Morgan fingerprint density at radius 3 is 2.45 bits per heavy atom. The minimum atomic E-state index is -0.424. The van der Waals surface area contributed by atoms with Gasteiger partial charge in [0, 0.05) is 25.2 Å². The van der Waals surface area contributed by atoms with E-state index in [1.165, 1.54) is 5.56 Å². The number of rotatable bonds is 3. The minimum Gasteiger partial charge on any atom is -0.444 e. The van der Waals surface area contributed by atoms with Crippen LogP contribution in [0.15, 0.2) is 30.3 Å². The average molecular weight is 276 g/mol. The predicted molar refractivity (Wildman–Crippen MR) is 79.6 cm³/mol. The van der Waals surface area contributed by atoms with Gasteiger partial charge in [0.15, 0.2) is 0 Å². The van der Waals surface area contributed by atoms with Crippen LogP contribution in [0.5, 0.6) is 0 Å². The Bertz CT molecular complexity index is 447. The summed E-state index contributed by atoms with van der Waals surface area (Å²) in [5, 5.41) is 3.53. The quantitative estimate of drug-likeness (QED) is 0.923. The maximum Gasteiger partial charge on any atom is 0.410 e. The monoisotopic (exact) mass is 276 g/mol. The van der Waals surface area contributed by atoms with Crippen LogP contribution in [0.3, 0.4) is 0 Å². The number of hydrogen-bond donors (Lipinski definition) is 1. The topological polar surface area (TPSA) is 41.6 Å². The number of amides is 1. The number of hydrogen-bond acceptors (Lipinski definition) is 3. The largest absolute Gasteiger partial charge is 0.444 e. The summed E-state index contributed by atoms with van der Waals surface area (Å²) in [7, 11) is 0. The molecule has 1 aliphatic heterocycles. The van der Waals surface area contributed by atoms with Gasteiger partial charge in [0.25, 0.3) is 0 Å². The Labute approximate surface area is 121 Å². The molecule has 2 rings (SSSR count). The Morgan fingerprint density at radius 2 is 1.90 bits per heavy atom. The Balaban J connectivity index is 1.76. The van der Waals surface area contributed by atoms with Crippen LogP contribution in [-0.4, -0.2) is 35.7 Å². The second kappa shape index (κ2) is 5.83. The molecule has 1 atom stereocenters. The van der Waals surface area contributed by atoms with E-state index in [9.17, 15) is 4.79 Å². The highest BCUT2D eigenvalue weighted by Gasteiger charge is 2.34. The molecule has 4 nitrogen and oxygen atoms in total. The fourth-order valence-electron chi connectivity index (χ4n) is 2.25. The van der Waals surface area contributed by atoms with E-state index in [4.69, 9.17) is 4.74 Å². The minimum absolute atomic E-state index is 0.220. The summed E-state index contributed by atoms with van der Waals surface area (Å²) in [5.74, 6) is 0. The fraction of sp³-hybridized carbons (Fsp3) is 0.562. The van der Waals surface area contributed by atoms with E-state index in [1.807, 2.05) is 39.0 Å². The molecule has 4 heteroatoms. The van der Waals surface area contributed by atoms with Gasteiger partial charge in [-0.15, -0.1) is 0 Å². The summed E-state index contributed by atoms with van der Waals surface area (Å²) in [6.07, 6.45) is -0.220. The summed E-state index contributed by atoms with van der Waals surface area (Å²) in [6, 6.07) is 11.0. The van der Waals surface area contributed by atoms with Gasteiger partial charge in [-0.25, -0.2) is 4.79 Å². The highest BCUT2D eigenvalue weighted by Crippen LogP contribution is 2.18. The second-order valence-corrected chi connectivity index (χ2v) is 6.38. The molecule has 1 aliphatic rings. The van der Waals surface area contributed by atoms with Gasteiger partial charge >= 0.3 is 6.09 Å². The Hall–Kier alpha value is -1.55. The second-order valence-electron chi connectivity index (χ2n) is 6.38. The van der Waals surface area contributed by atoms with Crippen molar-refractivity contribution in [1.82, 2.24) is 10.2 Å². The SMILES string of the molecule is CC(NC1CN(C(=O)OC(C)(C)C)C1)c1ccccc1. The van der Waals surface area contributed by atoms with Gasteiger partial charge in [-0.3, -0.25) is 0 Å². The van der Waals surface area contributed by atoms with E-state index in [2.05, 4.69) is 24.4 Å². The molecule has 1 aromatic carbocycles. The first-order valence-corrected chi connectivity index (χ1v) is 7.14. The molecular formula is C16H24N2O2. The maximum atomic E-state index is 11.8. The lowest BCUT2D eigenvalue weighted by Gasteiger charge is -2.41. The molecule has 20 heavy (non-hydrogen) atoms. The summed E-state index contributed by atoms with van der Waals surface area (Å²) in [6.45, 7) is 9.23. The molecule has 0 bridgehead atoms. The molecule has 1 unspecified atom stereocenters. The molecule has 0 spiro atoms. The summed E-state index contributed by atoms with van der Waals surface area (Å²) < 4.78 is 5.34. The Kier molecular flexibility index (Phi) is 4.33. The van der Waals surface area contributed by atoms with Crippen LogP contribution in [-0.2, 0) is 4.74 Å². The van der Waals surface area contributed by atoms with E-state index in [-0.39, 0.29) is 6.09 Å². The van der Waals surface area contributed by atoms with Crippen molar-refractivity contribution < 1.29 is 9.53 Å². The van der Waals surface area contributed by atoms with Gasteiger partial charge in [0.05, 0.1) is 0 Å². The highest BCUT2D eigenvalue weighted by atomic mass is 16.6. The van der Waals surface area contributed by atoms with Crippen LogP contribution in [0, 0.1) is 0 Å². The third-order valence-corrected chi connectivity index (χ3v) is 3.32. The van der Waals surface area contributed by atoms with Crippen LogP contribution in [0.25, 0.3) is 0 Å². The van der Waals surface area contributed by atoms with Gasteiger partial charge in [-0.2, -0.15) is 0 Å². The van der Waals surface area contributed by atoms with Gasteiger partial charge in [0.1, 0.15) is 5.60 Å². The van der Waals surface area contributed by atoms with Crippen LogP contribution < -0.4 is 5.32 Å². The van der Waals surface area contributed by atoms with Crippen molar-refractivity contribution in [3.05, 3.63) is 35.9 Å². The van der Waals surface area contributed by atoms with Crippen molar-refractivity contribution in [3.8, 4) is 0 Å². The lowest BCUT2D eigenvalue weighted by molar-refractivity contribution is 0.00434. The lowest BCUT2D eigenvalue weighted by Crippen LogP contribution is -2.60. The normalized spacial score (nSPS) is 17.5. The third kappa shape index (κ3) is 3.97. The maximum absolute atomic E-state index is 11.8. The smallest absolute Gasteiger partial charge is 0.410 e. The number of carbonyl (C=O) groups is 1. The first-order chi connectivity index (χ1) is 9.35. The average Bonchev–Trinajstić information content (AvgIpc) is 2.31. The number of nitrogens with zero attached hydrogens (tertiary/aromatic N) is 1. The zero-order valence-electron chi connectivity index (χ0n) is 12.7. The molecule has 0 saturated carbocycles. The predicted octanol–water partition coefficient (Wildman–Crippen LogP) is 2.96. The van der Waals surface area contributed by atoms with Crippen molar-refractivity contribution in [2.75, 3.05) is 13.1 Å². The van der Waals surface area contributed by atoms with Gasteiger partial charge in [-0.05, 0) is 33.3 Å². The summed E-state index contributed by atoms with van der Waals surface area (Å²) in [5.41, 5.74) is 0.843. The molecule has 1 fully saturated rings. The van der Waals surface area contributed by atoms with E-state index in [0.717, 1.165) is 0 Å². The van der Waals surface area contributed by atoms with Gasteiger partial charge < -0.3 is 15.0 Å². The van der Waals surface area contributed by atoms with Crippen molar-refractivity contribution in [2.45, 2.75) is 45.4 Å². The highest BCUT2D eigenvalue weighted by molar-refractivity contribution is 5.69. The molecule has 1 amide bonds. The van der Waals surface area contributed by atoms with Crippen LogP contribution in [0.4, 0.5) is 4.79 Å². The number of benzene rings is 1. The Morgan fingerprint density at radius 1 is 1.30 bits per heavy atom. The van der Waals surface area contributed by atoms with Crippen LogP contribution in [0.2, 0.25) is 0 Å². The zero-order valence-corrected chi connectivity index (χ0v) is 12.7. The molecule has 1 aromatic rings. The van der Waals surface area contributed by atoms with Crippen molar-refractivity contribution in [2.24, 2.45) is 0 Å². The molecular weight excluding hydrogens is 252 g/mol. The fourth-order valence-corrected chi connectivity index (χ4v) is 2.25. The number of nitrogens with one attached hydrogen (secondary N) is 1. The van der Waals surface area contributed by atoms with Gasteiger partial charge in [-0.1, -0.05) is 30.3 Å². The molecule has 1 heterocycles. The standard InChI is InChI=1S/C16H24N2O2/c1-12(13-8-6-5-7-9-13)17-14-10-18(11-14)15(19)20-16(2,3)4/h5-9,12,14,17H,10-11H2,1-4H3. The molecule has 0 aromatic heterocycles. The zero-order chi connectivity index (χ0) is 14.8. The number of carbonyl (C=O) groups excluding carboxylic acids is 1. The molecule has 1 saturated heterocycles. The summed E-state index contributed by atoms with van der Waals surface area (Å²) in [4.78, 5) is 13.6. The van der Waals surface area contributed by atoms with E-state index >= 15 is 0 Å². The van der Waals surface area contributed by atoms with E-state index < -0.39 is 5.60 Å². The number of likely N-dealkylation sites (tertiary alicyclic amines) is 1. The summed E-state index contributed by atoms with van der Waals surface area (Å²) >= 11 is 0. The van der Waals surface area contributed by atoms with Crippen molar-refractivity contribution in [3.63, 3.8) is 0 Å². The number of ether oxygens (including phenoxy) is 1. The molecule has 1 N–H and O–H groups in total.